The molecule has 1 heterocycles. The molecule has 4 nitrogen and oxygen atoms in total. The van der Waals surface area contributed by atoms with Crippen LogP contribution >= 0.6 is 0 Å². The highest BCUT2D eigenvalue weighted by Crippen LogP contribution is 2.20. The normalized spacial score (nSPS) is 25.9. The first-order valence-electron chi connectivity index (χ1n) is 6.84. The lowest BCUT2D eigenvalue weighted by Gasteiger charge is -2.38. The van der Waals surface area contributed by atoms with E-state index < -0.39 is 0 Å². The van der Waals surface area contributed by atoms with Crippen LogP contribution in [0.5, 0.6) is 0 Å². The maximum absolute atomic E-state index is 12.1. The Morgan fingerprint density at radius 2 is 2.00 bits per heavy atom. The lowest BCUT2D eigenvalue weighted by molar-refractivity contribution is -0.133. The molecule has 0 radical (unpaired) electrons. The number of piperidine rings is 1. The van der Waals surface area contributed by atoms with Crippen LogP contribution in [-0.4, -0.2) is 54.5 Å². The Labute approximate surface area is 105 Å². The zero-order valence-corrected chi connectivity index (χ0v) is 11.5. The fourth-order valence-corrected chi connectivity index (χ4v) is 2.53. The molecule has 17 heavy (non-hydrogen) atoms. The van der Waals surface area contributed by atoms with Crippen LogP contribution in [0.4, 0.5) is 0 Å². The minimum atomic E-state index is 0.250. The van der Waals surface area contributed by atoms with Crippen LogP contribution in [0.25, 0.3) is 0 Å². The lowest BCUT2D eigenvalue weighted by atomic mass is 9.93. The van der Waals surface area contributed by atoms with Crippen molar-refractivity contribution in [2.75, 3.05) is 32.7 Å². The Bertz CT molecular complexity index is 241. The quantitative estimate of drug-likeness (QED) is 0.778. The summed E-state index contributed by atoms with van der Waals surface area (Å²) in [6, 6.07) is 0.511. The molecule has 1 fully saturated rings. The van der Waals surface area contributed by atoms with Crippen LogP contribution in [0, 0.1) is 5.92 Å². The average molecular weight is 241 g/mol. The van der Waals surface area contributed by atoms with Gasteiger partial charge in [0.1, 0.15) is 0 Å². The Hall–Kier alpha value is -0.610. The molecule has 0 spiro atoms. The number of amides is 1. The molecule has 1 aliphatic rings. The van der Waals surface area contributed by atoms with E-state index in [1.807, 2.05) is 18.7 Å². The Morgan fingerprint density at radius 3 is 2.53 bits per heavy atom. The summed E-state index contributed by atoms with van der Waals surface area (Å²) in [6.45, 7) is 10.2. The molecular weight excluding hydrogens is 214 g/mol. The number of carbonyl (C=O) groups excluding carboxylic acids is 1. The molecule has 0 aromatic rings. The van der Waals surface area contributed by atoms with Crippen molar-refractivity contribution >= 4 is 5.91 Å². The van der Waals surface area contributed by atoms with Gasteiger partial charge in [0.05, 0.1) is 6.54 Å². The van der Waals surface area contributed by atoms with E-state index in [2.05, 4.69) is 11.8 Å². The molecule has 1 aliphatic heterocycles. The fraction of sp³-hybridized carbons (Fsp3) is 0.923. The number of hydrogen-bond donors (Lipinski definition) is 1. The van der Waals surface area contributed by atoms with E-state index in [-0.39, 0.29) is 5.91 Å². The number of nitrogens with two attached hydrogens (primary N) is 1. The molecule has 1 rings (SSSR count). The molecule has 2 atom stereocenters. The third-order valence-corrected chi connectivity index (χ3v) is 3.90. The maximum atomic E-state index is 12.1. The summed E-state index contributed by atoms with van der Waals surface area (Å²) in [5.74, 6) is 0.815. The zero-order chi connectivity index (χ0) is 12.8. The van der Waals surface area contributed by atoms with Crippen molar-refractivity contribution in [3.8, 4) is 0 Å². The molecule has 0 aliphatic carbocycles. The second-order valence-corrected chi connectivity index (χ2v) is 5.02. The van der Waals surface area contributed by atoms with Crippen LogP contribution in [0.1, 0.15) is 33.6 Å². The molecule has 0 aromatic heterocycles. The van der Waals surface area contributed by atoms with Gasteiger partial charge in [-0.3, -0.25) is 9.69 Å². The predicted octanol–water partition coefficient (Wildman–Crippen LogP) is 0.914. The summed E-state index contributed by atoms with van der Waals surface area (Å²) in [4.78, 5) is 16.3. The van der Waals surface area contributed by atoms with E-state index in [0.717, 1.165) is 32.6 Å². The van der Waals surface area contributed by atoms with E-state index in [1.165, 1.54) is 6.42 Å². The standard InChI is InChI=1S/C13H27N3O/c1-4-15(5-2)13(17)10-16-9-12(8-14)7-6-11(16)3/h11-12H,4-10,14H2,1-3H3. The zero-order valence-electron chi connectivity index (χ0n) is 11.5. The monoisotopic (exact) mass is 241 g/mol. The first-order valence-corrected chi connectivity index (χ1v) is 6.84. The molecule has 100 valence electrons. The smallest absolute Gasteiger partial charge is 0.236 e. The second kappa shape index (κ2) is 6.97. The lowest BCUT2D eigenvalue weighted by Crippen LogP contribution is -2.49. The molecule has 1 saturated heterocycles. The summed E-state index contributed by atoms with van der Waals surface area (Å²) in [6.07, 6.45) is 2.36. The molecule has 1 amide bonds. The van der Waals surface area contributed by atoms with E-state index in [0.29, 0.717) is 18.5 Å². The second-order valence-electron chi connectivity index (χ2n) is 5.02. The van der Waals surface area contributed by atoms with Crippen molar-refractivity contribution < 1.29 is 4.79 Å². The molecule has 2 unspecified atom stereocenters. The van der Waals surface area contributed by atoms with Gasteiger partial charge < -0.3 is 10.6 Å². The number of nitrogens with zero attached hydrogens (tertiary/aromatic N) is 2. The van der Waals surface area contributed by atoms with Crippen LogP contribution in [-0.2, 0) is 4.79 Å². The number of likely N-dealkylation sites (tertiary alicyclic amines) is 1. The fourth-order valence-electron chi connectivity index (χ4n) is 2.53. The largest absolute Gasteiger partial charge is 0.342 e. The molecule has 0 bridgehead atoms. The predicted molar refractivity (Wildman–Crippen MR) is 70.7 cm³/mol. The van der Waals surface area contributed by atoms with Crippen LogP contribution < -0.4 is 5.73 Å². The minimum Gasteiger partial charge on any atom is -0.342 e. The highest BCUT2D eigenvalue weighted by molar-refractivity contribution is 5.78. The summed E-state index contributed by atoms with van der Waals surface area (Å²) >= 11 is 0. The van der Waals surface area contributed by atoms with Crippen LogP contribution in [0.3, 0.4) is 0 Å². The SMILES string of the molecule is CCN(CC)C(=O)CN1CC(CN)CCC1C. The van der Waals surface area contributed by atoms with Gasteiger partial charge in [0.25, 0.3) is 0 Å². The van der Waals surface area contributed by atoms with E-state index >= 15 is 0 Å². The van der Waals surface area contributed by atoms with Crippen molar-refractivity contribution in [2.24, 2.45) is 11.7 Å². The summed E-state index contributed by atoms with van der Waals surface area (Å²) in [5.41, 5.74) is 5.73. The molecule has 2 N–H and O–H groups in total. The number of hydrogen-bond acceptors (Lipinski definition) is 3. The van der Waals surface area contributed by atoms with Crippen molar-refractivity contribution in [2.45, 2.75) is 39.7 Å². The average Bonchev–Trinajstić information content (AvgIpc) is 2.33. The molecule has 4 heteroatoms. The number of carbonyl (C=O) groups is 1. The van der Waals surface area contributed by atoms with Gasteiger partial charge in [-0.25, -0.2) is 0 Å². The van der Waals surface area contributed by atoms with Crippen LogP contribution in [0.15, 0.2) is 0 Å². The van der Waals surface area contributed by atoms with Crippen molar-refractivity contribution in [1.82, 2.24) is 9.80 Å². The molecule has 0 saturated carbocycles. The van der Waals surface area contributed by atoms with Gasteiger partial charge in [0, 0.05) is 25.7 Å². The third kappa shape index (κ3) is 3.96. The van der Waals surface area contributed by atoms with Gasteiger partial charge >= 0.3 is 0 Å². The first kappa shape index (κ1) is 14.5. The van der Waals surface area contributed by atoms with Crippen LogP contribution in [0.2, 0.25) is 0 Å². The minimum absolute atomic E-state index is 0.250. The highest BCUT2D eigenvalue weighted by Gasteiger charge is 2.26. The third-order valence-electron chi connectivity index (χ3n) is 3.90. The first-order chi connectivity index (χ1) is 8.12. The van der Waals surface area contributed by atoms with Gasteiger partial charge in [-0.05, 0) is 46.1 Å². The summed E-state index contributed by atoms with van der Waals surface area (Å²) < 4.78 is 0. The number of rotatable bonds is 5. The topological polar surface area (TPSA) is 49.6 Å². The maximum Gasteiger partial charge on any atom is 0.236 e. The highest BCUT2D eigenvalue weighted by atomic mass is 16.2. The van der Waals surface area contributed by atoms with Gasteiger partial charge in [-0.15, -0.1) is 0 Å². The van der Waals surface area contributed by atoms with Gasteiger partial charge in [-0.2, -0.15) is 0 Å². The van der Waals surface area contributed by atoms with E-state index in [4.69, 9.17) is 5.73 Å². The van der Waals surface area contributed by atoms with E-state index in [1.54, 1.807) is 0 Å². The Kier molecular flexibility index (Phi) is 5.92. The summed E-state index contributed by atoms with van der Waals surface area (Å²) in [7, 11) is 0. The van der Waals surface area contributed by atoms with E-state index in [9.17, 15) is 4.79 Å². The Balaban J connectivity index is 2.50. The Morgan fingerprint density at radius 1 is 1.35 bits per heavy atom. The van der Waals surface area contributed by atoms with Crippen molar-refractivity contribution in [3.63, 3.8) is 0 Å². The molecule has 0 aromatic carbocycles. The van der Waals surface area contributed by atoms with Gasteiger partial charge in [0.2, 0.25) is 5.91 Å². The number of likely N-dealkylation sites (N-methyl/N-ethyl adjacent to an activating group) is 1. The molecular formula is C13H27N3O. The van der Waals surface area contributed by atoms with Crippen molar-refractivity contribution in [1.29, 1.82) is 0 Å². The summed E-state index contributed by atoms with van der Waals surface area (Å²) in [5, 5.41) is 0. The van der Waals surface area contributed by atoms with Gasteiger partial charge in [0.15, 0.2) is 0 Å². The van der Waals surface area contributed by atoms with Gasteiger partial charge in [-0.1, -0.05) is 0 Å². The van der Waals surface area contributed by atoms with Crippen molar-refractivity contribution in [3.05, 3.63) is 0 Å².